The zero-order chi connectivity index (χ0) is 20.6. The van der Waals surface area contributed by atoms with Gasteiger partial charge in [-0.3, -0.25) is 9.10 Å². The summed E-state index contributed by atoms with van der Waals surface area (Å²) in [5.74, 6) is -0.477. The Labute approximate surface area is 164 Å². The molecule has 0 bridgehead atoms. The number of carbonyl (C=O) groups excluding carboxylic acids is 1. The van der Waals surface area contributed by atoms with Crippen LogP contribution < -0.4 is 14.4 Å². The molecule has 1 amide bonds. The third-order valence-electron chi connectivity index (χ3n) is 3.90. The Bertz CT molecular complexity index is 870. The van der Waals surface area contributed by atoms with Crippen molar-refractivity contribution in [3.63, 3.8) is 0 Å². The van der Waals surface area contributed by atoms with E-state index in [-0.39, 0.29) is 10.6 Å². The highest BCUT2D eigenvalue weighted by atomic mass is 32.2. The van der Waals surface area contributed by atoms with Crippen LogP contribution in [-0.2, 0) is 19.6 Å². The van der Waals surface area contributed by atoms with Gasteiger partial charge in [0, 0.05) is 20.3 Å². The number of nitrogens with one attached hydrogen (secondary N) is 1. The minimum atomic E-state index is -4.05. The topological polar surface area (TPSA) is 84.9 Å². The summed E-state index contributed by atoms with van der Waals surface area (Å²) in [4.78, 5) is 12.3. The molecule has 7 nitrogen and oxygen atoms in total. The van der Waals surface area contributed by atoms with Crippen molar-refractivity contribution in [2.75, 3.05) is 38.2 Å². The minimum absolute atomic E-state index is 0.00944. The molecule has 1 N–H and O–H groups in total. The molecule has 28 heavy (non-hydrogen) atoms. The van der Waals surface area contributed by atoms with Crippen molar-refractivity contribution < 1.29 is 27.1 Å². The lowest BCUT2D eigenvalue weighted by atomic mass is 10.3. The number of sulfonamides is 1. The van der Waals surface area contributed by atoms with Gasteiger partial charge >= 0.3 is 0 Å². The highest BCUT2D eigenvalue weighted by Gasteiger charge is 2.27. The third kappa shape index (κ3) is 5.67. The number of rotatable bonds is 10. The molecule has 9 heteroatoms. The molecule has 2 rings (SSSR count). The highest BCUT2D eigenvalue weighted by Crippen LogP contribution is 2.25. The van der Waals surface area contributed by atoms with E-state index in [4.69, 9.17) is 9.47 Å². The number of amides is 1. The molecule has 0 fully saturated rings. The smallest absolute Gasteiger partial charge is 0.264 e. The largest absolute Gasteiger partial charge is 0.497 e. The van der Waals surface area contributed by atoms with Crippen LogP contribution in [0.1, 0.15) is 6.42 Å². The third-order valence-corrected chi connectivity index (χ3v) is 5.68. The van der Waals surface area contributed by atoms with Gasteiger partial charge in [0.15, 0.2) is 0 Å². The average molecular weight is 410 g/mol. The van der Waals surface area contributed by atoms with Crippen molar-refractivity contribution in [3.05, 3.63) is 54.3 Å². The van der Waals surface area contributed by atoms with E-state index in [0.717, 1.165) is 16.4 Å². The van der Waals surface area contributed by atoms with E-state index in [1.807, 2.05) is 0 Å². The Morgan fingerprint density at radius 3 is 2.29 bits per heavy atom. The maximum atomic E-state index is 13.3. The molecule has 0 heterocycles. The van der Waals surface area contributed by atoms with E-state index in [2.05, 4.69) is 5.32 Å². The van der Waals surface area contributed by atoms with Gasteiger partial charge in [0.05, 0.1) is 17.7 Å². The number of anilines is 1. The van der Waals surface area contributed by atoms with Crippen molar-refractivity contribution in [2.24, 2.45) is 0 Å². The first-order chi connectivity index (χ1) is 13.4. The van der Waals surface area contributed by atoms with Gasteiger partial charge in [0.2, 0.25) is 5.91 Å². The van der Waals surface area contributed by atoms with Gasteiger partial charge in [-0.15, -0.1) is 0 Å². The summed E-state index contributed by atoms with van der Waals surface area (Å²) in [6, 6.07) is 10.7. The van der Waals surface area contributed by atoms with Gasteiger partial charge in [-0.2, -0.15) is 0 Å². The molecule has 0 aliphatic carbocycles. The molecule has 2 aromatic rings. The number of hydrogen-bond donors (Lipinski definition) is 1. The molecule has 152 valence electrons. The van der Waals surface area contributed by atoms with Crippen LogP contribution in [0.15, 0.2) is 53.4 Å². The molecule has 0 saturated carbocycles. The second-order valence-electron chi connectivity index (χ2n) is 5.86. The van der Waals surface area contributed by atoms with Crippen molar-refractivity contribution in [1.82, 2.24) is 5.32 Å². The number of halogens is 1. The lowest BCUT2D eigenvalue weighted by Gasteiger charge is -2.24. The Morgan fingerprint density at radius 1 is 1.07 bits per heavy atom. The average Bonchev–Trinajstić information content (AvgIpc) is 2.70. The normalized spacial score (nSPS) is 11.1. The second-order valence-corrected chi connectivity index (χ2v) is 7.72. The molecule has 0 unspecified atom stereocenters. The highest BCUT2D eigenvalue weighted by molar-refractivity contribution is 7.92. The minimum Gasteiger partial charge on any atom is -0.497 e. The number of carbonyl (C=O) groups is 1. The van der Waals surface area contributed by atoms with E-state index in [1.54, 1.807) is 7.11 Å². The van der Waals surface area contributed by atoms with Crippen LogP contribution in [0.5, 0.6) is 5.75 Å². The van der Waals surface area contributed by atoms with Crippen LogP contribution >= 0.6 is 0 Å². The summed E-state index contributed by atoms with van der Waals surface area (Å²) < 4.78 is 50.4. The van der Waals surface area contributed by atoms with Crippen molar-refractivity contribution >= 4 is 21.6 Å². The van der Waals surface area contributed by atoms with E-state index >= 15 is 0 Å². The van der Waals surface area contributed by atoms with E-state index < -0.39 is 28.3 Å². The van der Waals surface area contributed by atoms with Gasteiger partial charge in [-0.25, -0.2) is 12.8 Å². The predicted molar refractivity (Wildman–Crippen MR) is 103 cm³/mol. The molecule has 2 aromatic carbocycles. The molecule has 0 aromatic heterocycles. The molecule has 0 aliphatic rings. The molecule has 0 saturated heterocycles. The lowest BCUT2D eigenvalue weighted by molar-refractivity contribution is -0.119. The fourth-order valence-electron chi connectivity index (χ4n) is 2.43. The van der Waals surface area contributed by atoms with E-state index in [0.29, 0.717) is 25.3 Å². The maximum Gasteiger partial charge on any atom is 0.264 e. The van der Waals surface area contributed by atoms with Crippen molar-refractivity contribution in [2.45, 2.75) is 11.3 Å². The van der Waals surface area contributed by atoms with Crippen LogP contribution in [0.25, 0.3) is 0 Å². The number of ether oxygens (including phenoxy) is 2. The second kappa shape index (κ2) is 10.0. The predicted octanol–water partition coefficient (Wildman–Crippen LogP) is 2.18. The van der Waals surface area contributed by atoms with E-state index in [9.17, 15) is 17.6 Å². The van der Waals surface area contributed by atoms with Gasteiger partial charge in [-0.1, -0.05) is 0 Å². The summed E-state index contributed by atoms with van der Waals surface area (Å²) >= 11 is 0. The van der Waals surface area contributed by atoms with Crippen LogP contribution in [0.4, 0.5) is 10.1 Å². The summed E-state index contributed by atoms with van der Waals surface area (Å²) in [6.07, 6.45) is 0.601. The fraction of sp³-hybridized carbons (Fsp3) is 0.316. The quantitative estimate of drug-likeness (QED) is 0.607. The van der Waals surface area contributed by atoms with E-state index in [1.165, 1.54) is 43.5 Å². The molecule has 0 spiro atoms. The number of hydrogen-bond acceptors (Lipinski definition) is 5. The Balaban J connectivity index is 2.28. The first-order valence-corrected chi connectivity index (χ1v) is 10.0. The zero-order valence-corrected chi connectivity index (χ0v) is 16.5. The lowest BCUT2D eigenvalue weighted by Crippen LogP contribution is -2.41. The van der Waals surface area contributed by atoms with Gasteiger partial charge in [0.25, 0.3) is 10.0 Å². The van der Waals surface area contributed by atoms with Crippen molar-refractivity contribution in [1.29, 1.82) is 0 Å². The fourth-order valence-corrected chi connectivity index (χ4v) is 3.85. The Kier molecular flexibility index (Phi) is 7.77. The summed E-state index contributed by atoms with van der Waals surface area (Å²) in [6.45, 7) is 0.394. The Hall–Kier alpha value is -2.65. The summed E-state index contributed by atoms with van der Waals surface area (Å²) in [5, 5.41) is 2.65. The SMILES string of the molecule is COCCCNC(=O)CN(c1ccc(F)cc1)S(=O)(=O)c1ccc(OC)cc1. The molecular formula is C19H23FN2O5S. The molecule has 0 aliphatic heterocycles. The van der Waals surface area contributed by atoms with Crippen molar-refractivity contribution in [3.8, 4) is 5.75 Å². The summed E-state index contributed by atoms with van der Waals surface area (Å²) in [5.41, 5.74) is 0.184. The standard InChI is InChI=1S/C19H23FN2O5S/c1-26-13-3-12-21-19(23)14-22(16-6-4-15(20)5-7-16)28(24,25)18-10-8-17(27-2)9-11-18/h4-11H,3,12-14H2,1-2H3,(H,21,23). The van der Waals surface area contributed by atoms with Crippen LogP contribution in [0.3, 0.4) is 0 Å². The Morgan fingerprint density at radius 2 is 1.71 bits per heavy atom. The van der Waals surface area contributed by atoms with Crippen LogP contribution in [0, 0.1) is 5.82 Å². The molecular weight excluding hydrogens is 387 g/mol. The molecule has 0 radical (unpaired) electrons. The first kappa shape index (κ1) is 21.6. The zero-order valence-electron chi connectivity index (χ0n) is 15.7. The van der Waals surface area contributed by atoms with Gasteiger partial charge in [-0.05, 0) is 55.0 Å². The van der Waals surface area contributed by atoms with Crippen LogP contribution in [-0.4, -0.2) is 48.2 Å². The van der Waals surface area contributed by atoms with Gasteiger partial charge < -0.3 is 14.8 Å². The summed E-state index contributed by atoms with van der Waals surface area (Å²) in [7, 11) is -1.02. The number of nitrogens with zero attached hydrogens (tertiary/aromatic N) is 1. The number of benzene rings is 2. The molecule has 0 atom stereocenters. The van der Waals surface area contributed by atoms with Crippen LogP contribution in [0.2, 0.25) is 0 Å². The van der Waals surface area contributed by atoms with Gasteiger partial charge in [0.1, 0.15) is 18.1 Å². The number of methoxy groups -OCH3 is 2. The monoisotopic (exact) mass is 410 g/mol. The first-order valence-electron chi connectivity index (χ1n) is 8.56. The maximum absolute atomic E-state index is 13.3.